The van der Waals surface area contributed by atoms with Gasteiger partial charge in [0.05, 0.1) is 20.8 Å². The van der Waals surface area contributed by atoms with Crippen molar-refractivity contribution in [2.45, 2.75) is 13.5 Å². The number of hydrogen-bond donors (Lipinski definition) is 1. The number of aromatic nitrogens is 2. The Balaban J connectivity index is 1.60. The van der Waals surface area contributed by atoms with Gasteiger partial charge in [-0.2, -0.15) is 0 Å². The van der Waals surface area contributed by atoms with Gasteiger partial charge in [0.15, 0.2) is 0 Å². The molecule has 0 fully saturated rings. The van der Waals surface area contributed by atoms with E-state index in [4.69, 9.17) is 13.9 Å². The largest absolute Gasteiger partial charge is 0.497 e. The average molecular weight is 379 g/mol. The lowest BCUT2D eigenvalue weighted by atomic mass is 10.1. The Kier molecular flexibility index (Phi) is 6.06. The summed E-state index contributed by atoms with van der Waals surface area (Å²) in [7, 11) is 3.21. The molecule has 7 nitrogen and oxygen atoms in total. The molecule has 0 unspecified atom stereocenters. The van der Waals surface area contributed by atoms with Gasteiger partial charge < -0.3 is 19.2 Å². The number of hydrogen-bond acceptors (Lipinski definition) is 6. The normalized spacial score (nSPS) is 11.2. The van der Waals surface area contributed by atoms with Crippen LogP contribution in [0, 0.1) is 0 Å². The van der Waals surface area contributed by atoms with Gasteiger partial charge in [0.1, 0.15) is 11.5 Å². The Hall–Kier alpha value is -3.61. The third-order valence-corrected chi connectivity index (χ3v) is 4.09. The summed E-state index contributed by atoms with van der Waals surface area (Å²) in [5, 5.41) is 10.7. The molecule has 2 aromatic carbocycles. The molecule has 1 N–H and O–H groups in total. The number of nitrogens with one attached hydrogen (secondary N) is 1. The topological polar surface area (TPSA) is 86.5 Å². The van der Waals surface area contributed by atoms with E-state index in [1.165, 1.54) is 6.08 Å². The summed E-state index contributed by atoms with van der Waals surface area (Å²) in [5.41, 5.74) is 2.52. The number of methoxy groups -OCH3 is 2. The number of ether oxygens (including phenoxy) is 2. The molecule has 1 aromatic heterocycles. The molecule has 144 valence electrons. The van der Waals surface area contributed by atoms with E-state index in [1.54, 1.807) is 20.3 Å². The summed E-state index contributed by atoms with van der Waals surface area (Å²) in [4.78, 5) is 12.2. The van der Waals surface area contributed by atoms with Crippen LogP contribution < -0.4 is 14.8 Å². The van der Waals surface area contributed by atoms with E-state index >= 15 is 0 Å². The Morgan fingerprint density at radius 1 is 1.07 bits per heavy atom. The van der Waals surface area contributed by atoms with E-state index in [-0.39, 0.29) is 12.5 Å². The summed E-state index contributed by atoms with van der Waals surface area (Å²) in [6.45, 7) is 2.01. The van der Waals surface area contributed by atoms with E-state index in [0.717, 1.165) is 22.4 Å². The third-order valence-electron chi connectivity index (χ3n) is 4.09. The number of benzene rings is 2. The molecule has 0 radical (unpaired) electrons. The third kappa shape index (κ3) is 4.76. The van der Waals surface area contributed by atoms with Crippen LogP contribution >= 0.6 is 0 Å². The quantitative estimate of drug-likeness (QED) is 0.633. The first kappa shape index (κ1) is 19.2. The monoisotopic (exact) mass is 379 g/mol. The minimum absolute atomic E-state index is 0.141. The highest BCUT2D eigenvalue weighted by molar-refractivity contribution is 5.94. The van der Waals surface area contributed by atoms with Crippen LogP contribution in [0.3, 0.4) is 0 Å². The molecule has 3 rings (SSSR count). The van der Waals surface area contributed by atoms with Crippen molar-refractivity contribution >= 4 is 11.5 Å². The predicted molar refractivity (Wildman–Crippen MR) is 105 cm³/mol. The number of rotatable bonds is 7. The van der Waals surface area contributed by atoms with Crippen LogP contribution in [-0.2, 0) is 11.3 Å². The van der Waals surface area contributed by atoms with Crippen LogP contribution in [-0.4, -0.2) is 30.3 Å². The molecule has 28 heavy (non-hydrogen) atoms. The fraction of sp³-hybridized carbons (Fsp3) is 0.190. The van der Waals surface area contributed by atoms with Crippen LogP contribution in [0.5, 0.6) is 11.5 Å². The second-order valence-electron chi connectivity index (χ2n) is 6.01. The lowest BCUT2D eigenvalue weighted by molar-refractivity contribution is -0.116. The maximum atomic E-state index is 12.2. The van der Waals surface area contributed by atoms with Crippen LogP contribution in [0.1, 0.15) is 18.4 Å². The summed E-state index contributed by atoms with van der Waals surface area (Å²) < 4.78 is 15.9. The maximum absolute atomic E-state index is 12.2. The van der Waals surface area contributed by atoms with Crippen molar-refractivity contribution in [1.82, 2.24) is 15.5 Å². The first-order valence-corrected chi connectivity index (χ1v) is 8.66. The smallest absolute Gasteiger partial charge is 0.247 e. The van der Waals surface area contributed by atoms with Crippen molar-refractivity contribution in [3.05, 3.63) is 66.1 Å². The Morgan fingerprint density at radius 2 is 1.82 bits per heavy atom. The number of allylic oxidation sites excluding steroid dienone is 1. The summed E-state index contributed by atoms with van der Waals surface area (Å²) >= 11 is 0. The molecule has 0 aliphatic heterocycles. The fourth-order valence-electron chi connectivity index (χ4n) is 2.55. The molecule has 1 amide bonds. The van der Waals surface area contributed by atoms with E-state index < -0.39 is 0 Å². The Labute approximate surface area is 163 Å². The molecular weight excluding hydrogens is 358 g/mol. The zero-order valence-electron chi connectivity index (χ0n) is 15.9. The van der Waals surface area contributed by atoms with Gasteiger partial charge in [-0.15, -0.1) is 10.2 Å². The van der Waals surface area contributed by atoms with Crippen molar-refractivity contribution in [3.63, 3.8) is 0 Å². The molecule has 3 aromatic rings. The van der Waals surface area contributed by atoms with Crippen LogP contribution in [0.15, 0.2) is 59.0 Å². The SMILES string of the molecule is COc1ccc(/C(C)=C/C(=O)NCc2nnc(-c3cccc(OC)c3)o2)cc1. The van der Waals surface area contributed by atoms with Crippen LogP contribution in [0.2, 0.25) is 0 Å². The predicted octanol–water partition coefficient (Wildman–Crippen LogP) is 3.47. The molecule has 0 aliphatic rings. The Morgan fingerprint density at radius 3 is 2.54 bits per heavy atom. The molecule has 0 saturated heterocycles. The number of nitrogens with zero attached hydrogens (tertiary/aromatic N) is 2. The zero-order valence-corrected chi connectivity index (χ0v) is 15.9. The first-order chi connectivity index (χ1) is 13.6. The van der Waals surface area contributed by atoms with Gasteiger partial charge in [0, 0.05) is 11.6 Å². The zero-order chi connectivity index (χ0) is 19.9. The molecule has 0 bridgehead atoms. The number of amides is 1. The van der Waals surface area contributed by atoms with Gasteiger partial charge in [-0.3, -0.25) is 4.79 Å². The maximum Gasteiger partial charge on any atom is 0.247 e. The molecule has 0 aliphatic carbocycles. The second-order valence-corrected chi connectivity index (χ2v) is 6.01. The van der Waals surface area contributed by atoms with Gasteiger partial charge in [0.2, 0.25) is 17.7 Å². The van der Waals surface area contributed by atoms with Crippen LogP contribution in [0.4, 0.5) is 0 Å². The van der Waals surface area contributed by atoms with Crippen molar-refractivity contribution < 1.29 is 18.7 Å². The summed E-state index contributed by atoms with van der Waals surface area (Å²) in [6.07, 6.45) is 1.53. The lowest BCUT2D eigenvalue weighted by Crippen LogP contribution is -2.20. The van der Waals surface area contributed by atoms with E-state index in [1.807, 2.05) is 49.4 Å². The highest BCUT2D eigenvalue weighted by Crippen LogP contribution is 2.22. The number of carbonyl (C=O) groups is 1. The molecular formula is C21H21N3O4. The van der Waals surface area contributed by atoms with Crippen LogP contribution in [0.25, 0.3) is 17.0 Å². The molecule has 0 spiro atoms. The lowest BCUT2D eigenvalue weighted by Gasteiger charge is -2.04. The van der Waals surface area contributed by atoms with Crippen molar-refractivity contribution in [3.8, 4) is 23.0 Å². The van der Waals surface area contributed by atoms with E-state index in [9.17, 15) is 4.79 Å². The minimum atomic E-state index is -0.241. The van der Waals surface area contributed by atoms with Gasteiger partial charge in [-0.05, 0) is 48.4 Å². The molecule has 7 heteroatoms. The fourth-order valence-corrected chi connectivity index (χ4v) is 2.55. The first-order valence-electron chi connectivity index (χ1n) is 8.66. The number of carbonyl (C=O) groups excluding carboxylic acids is 1. The highest BCUT2D eigenvalue weighted by Gasteiger charge is 2.10. The Bertz CT molecular complexity index is 977. The summed E-state index contributed by atoms with van der Waals surface area (Å²) in [5.74, 6) is 1.91. The summed E-state index contributed by atoms with van der Waals surface area (Å²) in [6, 6.07) is 14.8. The van der Waals surface area contributed by atoms with E-state index in [0.29, 0.717) is 17.5 Å². The second kappa shape index (κ2) is 8.85. The van der Waals surface area contributed by atoms with Crippen molar-refractivity contribution in [2.24, 2.45) is 0 Å². The van der Waals surface area contributed by atoms with E-state index in [2.05, 4.69) is 15.5 Å². The molecule has 0 saturated carbocycles. The standard InChI is InChI=1S/C21H21N3O4/c1-14(15-7-9-17(26-2)10-8-15)11-19(25)22-13-20-23-24-21(28-20)16-5-4-6-18(12-16)27-3/h4-12H,13H2,1-3H3,(H,22,25)/b14-11+. The van der Waals surface area contributed by atoms with Gasteiger partial charge in [0.25, 0.3) is 0 Å². The molecule has 0 atom stereocenters. The molecule has 1 heterocycles. The van der Waals surface area contributed by atoms with Gasteiger partial charge in [-0.25, -0.2) is 0 Å². The highest BCUT2D eigenvalue weighted by atomic mass is 16.5. The van der Waals surface area contributed by atoms with Gasteiger partial charge >= 0.3 is 0 Å². The van der Waals surface area contributed by atoms with Gasteiger partial charge in [-0.1, -0.05) is 18.2 Å². The minimum Gasteiger partial charge on any atom is -0.497 e. The van der Waals surface area contributed by atoms with Crippen molar-refractivity contribution in [1.29, 1.82) is 0 Å². The van der Waals surface area contributed by atoms with Crippen molar-refractivity contribution in [2.75, 3.05) is 14.2 Å². The average Bonchev–Trinajstić information content (AvgIpc) is 3.21.